The first-order valence-corrected chi connectivity index (χ1v) is 21.3. The maximum atomic E-state index is 6.90. The second-order valence-corrected chi connectivity index (χ2v) is 16.5. The van der Waals surface area contributed by atoms with Gasteiger partial charge in [-0.3, -0.25) is 4.99 Å². The number of aliphatic imine (C=N–C) groups is 2. The van der Waals surface area contributed by atoms with Crippen molar-refractivity contribution in [3.63, 3.8) is 0 Å². The second kappa shape index (κ2) is 14.3. The van der Waals surface area contributed by atoms with Crippen molar-refractivity contribution < 1.29 is 4.42 Å². The normalized spacial score (nSPS) is 16.0. The molecule has 1 aliphatic rings. The van der Waals surface area contributed by atoms with E-state index < -0.39 is 0 Å². The van der Waals surface area contributed by atoms with Gasteiger partial charge in [0.1, 0.15) is 11.2 Å². The third kappa shape index (κ3) is 5.97. The van der Waals surface area contributed by atoms with Gasteiger partial charge >= 0.3 is 0 Å². The maximum Gasteiger partial charge on any atom is 0.156 e. The standard InChI is InChI=1S/C57H41N3O/c1-36-26-31-51(40-29-27-38(28-30-40)37-14-3-2-4-15-37)58-57(47-23-13-19-39-16-7-8-20-44(39)47)59-55(36)50-35-43(34-49-46-22-10-12-25-54(46)61-56(49)50)60-52-24-11-9-21-45(52)48-32-41-17-5-6-18-42(41)33-53(48)60/h2-25,27-30,32-36,55H,26,31H2,1H3. The molecule has 4 nitrogen and oxygen atoms in total. The topological polar surface area (TPSA) is 42.8 Å². The van der Waals surface area contributed by atoms with Crippen molar-refractivity contribution in [2.75, 3.05) is 0 Å². The lowest BCUT2D eigenvalue weighted by Crippen LogP contribution is -2.18. The van der Waals surface area contributed by atoms with E-state index in [1.54, 1.807) is 0 Å². The van der Waals surface area contributed by atoms with Crippen LogP contribution >= 0.6 is 0 Å². The number of furan rings is 1. The smallest absolute Gasteiger partial charge is 0.156 e. The summed E-state index contributed by atoms with van der Waals surface area (Å²) in [5, 5.41) is 9.42. The lowest BCUT2D eigenvalue weighted by Gasteiger charge is -2.26. The Morgan fingerprint density at radius 2 is 1.16 bits per heavy atom. The number of rotatable bonds is 5. The van der Waals surface area contributed by atoms with Crippen LogP contribution in [0.4, 0.5) is 0 Å². The van der Waals surface area contributed by atoms with Crippen molar-refractivity contribution in [3.05, 3.63) is 211 Å². The molecule has 12 rings (SSSR count). The molecule has 290 valence electrons. The van der Waals surface area contributed by atoms with Crippen molar-refractivity contribution in [2.24, 2.45) is 15.9 Å². The molecule has 9 aromatic carbocycles. The van der Waals surface area contributed by atoms with Gasteiger partial charge in [0.15, 0.2) is 5.84 Å². The Morgan fingerprint density at radius 1 is 0.508 bits per heavy atom. The number of fused-ring (bicyclic) bond motifs is 8. The fraction of sp³-hybridized carbons (Fsp3) is 0.0877. The Balaban J connectivity index is 1.11. The number of benzene rings is 9. The molecule has 0 N–H and O–H groups in total. The van der Waals surface area contributed by atoms with Crippen LogP contribution < -0.4 is 0 Å². The van der Waals surface area contributed by atoms with E-state index in [9.17, 15) is 0 Å². The summed E-state index contributed by atoms with van der Waals surface area (Å²) in [5.41, 5.74) is 11.9. The lowest BCUT2D eigenvalue weighted by molar-refractivity contribution is 0.444. The van der Waals surface area contributed by atoms with Gasteiger partial charge in [-0.05, 0) is 93.4 Å². The van der Waals surface area contributed by atoms with Crippen molar-refractivity contribution in [1.82, 2.24) is 4.57 Å². The molecule has 4 heteroatoms. The zero-order chi connectivity index (χ0) is 40.4. The van der Waals surface area contributed by atoms with E-state index in [2.05, 4.69) is 206 Å². The Morgan fingerprint density at radius 3 is 2.00 bits per heavy atom. The van der Waals surface area contributed by atoms with Gasteiger partial charge in [0.05, 0.1) is 22.8 Å². The van der Waals surface area contributed by atoms with Crippen molar-refractivity contribution in [2.45, 2.75) is 25.8 Å². The molecule has 0 aliphatic carbocycles. The van der Waals surface area contributed by atoms with Crippen LogP contribution in [-0.4, -0.2) is 16.1 Å². The Bertz CT molecular complexity index is 3550. The van der Waals surface area contributed by atoms with Gasteiger partial charge in [0, 0.05) is 38.4 Å². The molecule has 3 heterocycles. The lowest BCUT2D eigenvalue weighted by atomic mass is 9.87. The quantitative estimate of drug-likeness (QED) is 0.171. The first-order chi connectivity index (χ1) is 30.1. The highest BCUT2D eigenvalue weighted by atomic mass is 16.3. The van der Waals surface area contributed by atoms with E-state index in [1.807, 2.05) is 0 Å². The molecule has 0 radical (unpaired) electrons. The first kappa shape index (κ1) is 35.4. The fourth-order valence-electron chi connectivity index (χ4n) is 9.73. The molecule has 0 saturated carbocycles. The molecule has 11 aromatic rings. The minimum absolute atomic E-state index is 0.160. The van der Waals surface area contributed by atoms with E-state index >= 15 is 0 Å². The molecule has 0 amide bonds. The number of hydrogen-bond donors (Lipinski definition) is 0. The van der Waals surface area contributed by atoms with Crippen LogP contribution in [0, 0.1) is 5.92 Å². The zero-order valence-corrected chi connectivity index (χ0v) is 33.8. The van der Waals surface area contributed by atoms with Crippen molar-refractivity contribution in [3.8, 4) is 16.8 Å². The van der Waals surface area contributed by atoms with Crippen LogP contribution in [0.2, 0.25) is 0 Å². The molecule has 2 unspecified atom stereocenters. The minimum atomic E-state index is -0.239. The number of aromatic nitrogens is 1. The van der Waals surface area contributed by atoms with Gasteiger partial charge in [0.25, 0.3) is 0 Å². The molecule has 0 saturated heterocycles. The third-order valence-corrected chi connectivity index (χ3v) is 12.8. The Hall–Kier alpha value is -7.56. The third-order valence-electron chi connectivity index (χ3n) is 12.8. The van der Waals surface area contributed by atoms with Crippen LogP contribution in [0.25, 0.3) is 82.1 Å². The monoisotopic (exact) mass is 783 g/mol. The molecule has 0 fully saturated rings. The molecular formula is C57H41N3O. The van der Waals surface area contributed by atoms with Gasteiger partial charge in [-0.15, -0.1) is 0 Å². The van der Waals surface area contributed by atoms with Gasteiger partial charge in [-0.25, -0.2) is 4.99 Å². The summed E-state index contributed by atoms with van der Waals surface area (Å²) in [6.45, 7) is 2.35. The van der Waals surface area contributed by atoms with Crippen molar-refractivity contribution in [1.29, 1.82) is 0 Å². The van der Waals surface area contributed by atoms with Crippen molar-refractivity contribution >= 4 is 76.8 Å². The number of amidine groups is 1. The summed E-state index contributed by atoms with van der Waals surface area (Å²) < 4.78 is 9.34. The van der Waals surface area contributed by atoms with Gasteiger partial charge in [0.2, 0.25) is 0 Å². The molecule has 0 spiro atoms. The molecule has 2 atom stereocenters. The van der Waals surface area contributed by atoms with Gasteiger partial charge in [-0.2, -0.15) is 0 Å². The Labute approximate surface area is 353 Å². The summed E-state index contributed by atoms with van der Waals surface area (Å²) in [7, 11) is 0. The average Bonchev–Trinajstić information content (AvgIpc) is 3.85. The summed E-state index contributed by atoms with van der Waals surface area (Å²) in [5.74, 6) is 0.904. The van der Waals surface area contributed by atoms with E-state index in [0.29, 0.717) is 0 Å². The summed E-state index contributed by atoms with van der Waals surface area (Å²) in [6.07, 6.45) is 1.72. The van der Waals surface area contributed by atoms with Gasteiger partial charge in [-0.1, -0.05) is 165 Å². The van der Waals surface area contributed by atoms with Crippen LogP contribution in [0.3, 0.4) is 0 Å². The zero-order valence-electron chi connectivity index (χ0n) is 33.8. The number of nitrogens with zero attached hydrogens (tertiary/aromatic N) is 3. The van der Waals surface area contributed by atoms with Crippen LogP contribution in [0.5, 0.6) is 0 Å². The summed E-state index contributed by atoms with van der Waals surface area (Å²) in [6, 6.07) is 69.5. The predicted octanol–water partition coefficient (Wildman–Crippen LogP) is 15.1. The highest BCUT2D eigenvalue weighted by molar-refractivity contribution is 6.18. The van der Waals surface area contributed by atoms with E-state index in [1.165, 1.54) is 49.1 Å². The minimum Gasteiger partial charge on any atom is -0.456 e. The van der Waals surface area contributed by atoms with Crippen LogP contribution in [0.15, 0.2) is 209 Å². The maximum absolute atomic E-state index is 6.90. The largest absolute Gasteiger partial charge is 0.456 e. The molecule has 0 bridgehead atoms. The fourth-order valence-corrected chi connectivity index (χ4v) is 9.73. The summed E-state index contributed by atoms with van der Waals surface area (Å²) >= 11 is 0. The molecular weight excluding hydrogens is 743 g/mol. The van der Waals surface area contributed by atoms with Crippen LogP contribution in [0.1, 0.15) is 42.5 Å². The predicted molar refractivity (Wildman–Crippen MR) is 256 cm³/mol. The van der Waals surface area contributed by atoms with Crippen LogP contribution in [-0.2, 0) is 0 Å². The Kier molecular flexibility index (Phi) is 8.31. The first-order valence-electron chi connectivity index (χ1n) is 21.3. The van der Waals surface area contributed by atoms with Gasteiger partial charge < -0.3 is 8.98 Å². The number of hydrogen-bond acceptors (Lipinski definition) is 3. The second-order valence-electron chi connectivity index (χ2n) is 16.5. The van der Waals surface area contributed by atoms with E-state index in [0.717, 1.165) is 74.1 Å². The molecule has 1 aliphatic heterocycles. The molecule has 61 heavy (non-hydrogen) atoms. The summed E-state index contributed by atoms with van der Waals surface area (Å²) in [4.78, 5) is 11.4. The SMILES string of the molecule is CC1CCC(c2ccc(-c3ccccc3)cc2)=NC(c2cccc3ccccc23)=NC1c1cc(-n2c3ccccc3c3cc4ccccc4cc32)cc2c1oc1ccccc12. The average molecular weight is 784 g/mol. The van der Waals surface area contributed by atoms with E-state index in [-0.39, 0.29) is 12.0 Å². The number of para-hydroxylation sites is 2. The highest BCUT2D eigenvalue weighted by Crippen LogP contribution is 2.43. The molecule has 2 aromatic heterocycles. The highest BCUT2D eigenvalue weighted by Gasteiger charge is 2.29. The van der Waals surface area contributed by atoms with E-state index in [4.69, 9.17) is 14.4 Å².